The van der Waals surface area contributed by atoms with Crippen molar-refractivity contribution in [3.63, 3.8) is 0 Å². The molecule has 0 saturated heterocycles. The highest BCUT2D eigenvalue weighted by atomic mass is 35.5. The fraction of sp³-hybridized carbons (Fsp3) is 0.200. The molecule has 2 aromatic rings. The van der Waals surface area contributed by atoms with Gasteiger partial charge in [0.25, 0.3) is 0 Å². The highest BCUT2D eigenvalue weighted by Crippen LogP contribution is 2.21. The van der Waals surface area contributed by atoms with E-state index >= 15 is 0 Å². The number of nitrogens with one attached hydrogen (secondary N) is 2. The van der Waals surface area contributed by atoms with E-state index in [1.54, 1.807) is 36.4 Å². The van der Waals surface area contributed by atoms with Gasteiger partial charge in [-0.1, -0.05) is 23.7 Å². The third-order valence-electron chi connectivity index (χ3n) is 2.97. The van der Waals surface area contributed by atoms with Crippen LogP contribution in [0.3, 0.4) is 0 Å². The topological polar surface area (TPSA) is 91.6 Å². The molecule has 0 radical (unpaired) electrons. The van der Waals surface area contributed by atoms with E-state index < -0.39 is 17.4 Å². The fourth-order valence-electron chi connectivity index (χ4n) is 1.75. The number of hydrogen-bond donors (Lipinski definition) is 3. The third-order valence-corrected chi connectivity index (χ3v) is 3.30. The second-order valence-electron chi connectivity index (χ2n) is 4.87. The van der Waals surface area contributed by atoms with Crippen LogP contribution < -0.4 is 10.6 Å². The van der Waals surface area contributed by atoms with E-state index in [1.807, 2.05) is 0 Å². The summed E-state index contributed by atoms with van der Waals surface area (Å²) in [6.45, 7) is 1.30. The van der Waals surface area contributed by atoms with Crippen LogP contribution in [-0.2, 0) is 15.2 Å². The van der Waals surface area contributed by atoms with Crippen LogP contribution in [0.25, 0.3) is 0 Å². The summed E-state index contributed by atoms with van der Waals surface area (Å²) in [6.07, 6.45) is 1.41. The van der Waals surface area contributed by atoms with Crippen LogP contribution in [0.2, 0.25) is 5.02 Å². The number of hydrogen-bond acceptors (Lipinski definition) is 4. The first-order chi connectivity index (χ1) is 10.4. The van der Waals surface area contributed by atoms with E-state index in [0.717, 1.165) is 0 Å². The molecule has 0 fully saturated rings. The maximum Gasteiger partial charge on any atom is 0.313 e. The molecule has 2 amide bonds. The number of carbonyl (C=O) groups excluding carboxylic acids is 2. The van der Waals surface area contributed by atoms with Gasteiger partial charge in [-0.15, -0.1) is 0 Å². The molecule has 0 unspecified atom stereocenters. The molecule has 1 heterocycles. The highest BCUT2D eigenvalue weighted by Gasteiger charge is 2.28. The fourth-order valence-corrected chi connectivity index (χ4v) is 1.93. The SMILES string of the molecule is C[C@](O)(CNC(=O)C(=O)Nc1ccccc1Cl)c1ccco1. The van der Waals surface area contributed by atoms with Crippen molar-refractivity contribution in [1.29, 1.82) is 0 Å². The highest BCUT2D eigenvalue weighted by molar-refractivity contribution is 6.41. The first-order valence-corrected chi connectivity index (χ1v) is 6.88. The van der Waals surface area contributed by atoms with Crippen molar-refractivity contribution in [1.82, 2.24) is 5.32 Å². The van der Waals surface area contributed by atoms with E-state index in [1.165, 1.54) is 13.2 Å². The Morgan fingerprint density at radius 1 is 1.23 bits per heavy atom. The Labute approximate surface area is 132 Å². The van der Waals surface area contributed by atoms with Gasteiger partial charge < -0.3 is 20.2 Å². The molecule has 0 aliphatic carbocycles. The normalized spacial score (nSPS) is 13.2. The molecule has 1 aromatic heterocycles. The number of para-hydroxylation sites is 1. The molecule has 0 aliphatic rings. The Balaban J connectivity index is 1.92. The molecular weight excluding hydrogens is 308 g/mol. The average molecular weight is 323 g/mol. The van der Waals surface area contributed by atoms with Crippen LogP contribution in [0, 0.1) is 0 Å². The zero-order valence-corrected chi connectivity index (χ0v) is 12.6. The Kier molecular flexibility index (Phi) is 4.85. The summed E-state index contributed by atoms with van der Waals surface area (Å²) in [5, 5.41) is 15.2. The Bertz CT molecular complexity index is 668. The van der Waals surface area contributed by atoms with Crippen molar-refractivity contribution in [3.05, 3.63) is 53.4 Å². The number of carbonyl (C=O) groups is 2. The average Bonchev–Trinajstić information content (AvgIpc) is 3.02. The molecular formula is C15H15ClN2O4. The van der Waals surface area contributed by atoms with Gasteiger partial charge in [-0.3, -0.25) is 9.59 Å². The maximum absolute atomic E-state index is 11.8. The van der Waals surface area contributed by atoms with Gasteiger partial charge in [0.05, 0.1) is 23.5 Å². The van der Waals surface area contributed by atoms with Gasteiger partial charge in [0.1, 0.15) is 11.4 Å². The molecule has 1 atom stereocenters. The zero-order valence-electron chi connectivity index (χ0n) is 11.8. The van der Waals surface area contributed by atoms with Gasteiger partial charge in [0, 0.05) is 0 Å². The molecule has 0 aliphatic heterocycles. The van der Waals surface area contributed by atoms with Crippen LogP contribution in [0.4, 0.5) is 5.69 Å². The Morgan fingerprint density at radius 3 is 2.59 bits per heavy atom. The van der Waals surface area contributed by atoms with Crippen LogP contribution in [-0.4, -0.2) is 23.5 Å². The van der Waals surface area contributed by atoms with Crippen LogP contribution in [0.1, 0.15) is 12.7 Å². The number of benzene rings is 1. The molecule has 116 valence electrons. The largest absolute Gasteiger partial charge is 0.466 e. The second-order valence-corrected chi connectivity index (χ2v) is 5.28. The summed E-state index contributed by atoms with van der Waals surface area (Å²) in [5.41, 5.74) is -1.08. The molecule has 3 N–H and O–H groups in total. The van der Waals surface area contributed by atoms with E-state index in [-0.39, 0.29) is 6.54 Å². The molecule has 0 spiro atoms. The standard InChI is InChI=1S/C15H15ClN2O4/c1-15(21,12-7-4-8-22-12)9-17-13(19)14(20)18-11-6-3-2-5-10(11)16/h2-8,21H,9H2,1H3,(H,17,19)(H,18,20)/t15-/m0/s1. The van der Waals surface area contributed by atoms with Crippen molar-refractivity contribution >= 4 is 29.1 Å². The number of amides is 2. The molecule has 7 heteroatoms. The van der Waals surface area contributed by atoms with E-state index in [2.05, 4.69) is 10.6 Å². The third kappa shape index (κ3) is 3.87. The summed E-state index contributed by atoms with van der Waals surface area (Å²) >= 11 is 5.89. The monoisotopic (exact) mass is 322 g/mol. The first-order valence-electron chi connectivity index (χ1n) is 6.50. The molecule has 0 saturated carbocycles. The zero-order chi connectivity index (χ0) is 16.2. The smallest absolute Gasteiger partial charge is 0.313 e. The molecule has 2 rings (SSSR count). The van der Waals surface area contributed by atoms with Crippen molar-refractivity contribution in [2.24, 2.45) is 0 Å². The molecule has 6 nitrogen and oxygen atoms in total. The quantitative estimate of drug-likeness (QED) is 0.750. The van der Waals surface area contributed by atoms with Gasteiger partial charge in [-0.25, -0.2) is 0 Å². The van der Waals surface area contributed by atoms with Crippen LogP contribution in [0.5, 0.6) is 0 Å². The van der Waals surface area contributed by atoms with E-state index in [9.17, 15) is 14.7 Å². The molecule has 1 aromatic carbocycles. The van der Waals surface area contributed by atoms with Gasteiger partial charge in [0.2, 0.25) is 0 Å². The lowest BCUT2D eigenvalue weighted by Crippen LogP contribution is -2.43. The Hall–Kier alpha value is -2.31. The lowest BCUT2D eigenvalue weighted by Gasteiger charge is -2.20. The predicted molar refractivity (Wildman–Crippen MR) is 81.4 cm³/mol. The molecule has 22 heavy (non-hydrogen) atoms. The van der Waals surface area contributed by atoms with Gasteiger partial charge in [-0.2, -0.15) is 0 Å². The van der Waals surface area contributed by atoms with Crippen molar-refractivity contribution in [3.8, 4) is 0 Å². The summed E-state index contributed by atoms with van der Waals surface area (Å²) in [7, 11) is 0. The van der Waals surface area contributed by atoms with Gasteiger partial charge in [-0.05, 0) is 31.2 Å². The van der Waals surface area contributed by atoms with Crippen LogP contribution in [0.15, 0.2) is 47.1 Å². The van der Waals surface area contributed by atoms with Crippen molar-refractivity contribution < 1.29 is 19.1 Å². The Morgan fingerprint density at radius 2 is 1.95 bits per heavy atom. The minimum Gasteiger partial charge on any atom is -0.466 e. The minimum absolute atomic E-state index is 0.171. The number of halogens is 1. The second kappa shape index (κ2) is 6.64. The van der Waals surface area contributed by atoms with E-state index in [0.29, 0.717) is 16.5 Å². The number of anilines is 1. The summed E-state index contributed by atoms with van der Waals surface area (Å²) < 4.78 is 5.08. The summed E-state index contributed by atoms with van der Waals surface area (Å²) in [6, 6.07) is 9.76. The summed E-state index contributed by atoms with van der Waals surface area (Å²) in [4.78, 5) is 23.5. The maximum atomic E-state index is 11.8. The van der Waals surface area contributed by atoms with Crippen LogP contribution >= 0.6 is 11.6 Å². The first kappa shape index (κ1) is 16.1. The minimum atomic E-state index is -1.41. The van der Waals surface area contributed by atoms with E-state index in [4.69, 9.17) is 16.0 Å². The number of furan rings is 1. The van der Waals surface area contributed by atoms with Gasteiger partial charge >= 0.3 is 11.8 Å². The predicted octanol–water partition coefficient (Wildman–Crippen LogP) is 1.90. The van der Waals surface area contributed by atoms with Crippen molar-refractivity contribution in [2.45, 2.75) is 12.5 Å². The molecule has 0 bridgehead atoms. The lowest BCUT2D eigenvalue weighted by atomic mass is 10.0. The lowest BCUT2D eigenvalue weighted by molar-refractivity contribution is -0.136. The summed E-state index contributed by atoms with van der Waals surface area (Å²) in [5.74, 6) is -1.46. The number of aliphatic hydroxyl groups is 1. The van der Waals surface area contributed by atoms with Gasteiger partial charge in [0.15, 0.2) is 0 Å². The van der Waals surface area contributed by atoms with Crippen molar-refractivity contribution in [2.75, 3.05) is 11.9 Å². The number of rotatable bonds is 4.